The summed E-state index contributed by atoms with van der Waals surface area (Å²) < 4.78 is 46.0. The van der Waals surface area contributed by atoms with Gasteiger partial charge in [-0.15, -0.1) is 0 Å². The molecule has 2 heterocycles. The molecule has 1 spiro atoms. The predicted octanol–water partition coefficient (Wildman–Crippen LogP) is 6.95. The number of hydrogen-bond acceptors (Lipinski definition) is 6. The molecule has 1 aliphatic carbocycles. The van der Waals surface area contributed by atoms with Crippen LogP contribution >= 0.6 is 0 Å². The van der Waals surface area contributed by atoms with Crippen molar-refractivity contribution < 1.29 is 37.1 Å². The van der Waals surface area contributed by atoms with E-state index in [-0.39, 0.29) is 28.0 Å². The van der Waals surface area contributed by atoms with Gasteiger partial charge in [-0.3, -0.25) is 19.2 Å². The minimum atomic E-state index is -4.61. The molecule has 3 atom stereocenters. The van der Waals surface area contributed by atoms with E-state index in [0.717, 1.165) is 17.7 Å². The van der Waals surface area contributed by atoms with Gasteiger partial charge in [0, 0.05) is 35.2 Å². The summed E-state index contributed by atoms with van der Waals surface area (Å²) in [7, 11) is 0. The van der Waals surface area contributed by atoms with E-state index in [1.807, 2.05) is 18.2 Å². The Bertz CT molecular complexity index is 1890. The van der Waals surface area contributed by atoms with Crippen LogP contribution in [0.3, 0.4) is 0 Å². The second-order valence-corrected chi connectivity index (χ2v) is 11.4. The SMILES string of the molecule is CC(=O)Oc1ccc(C(=O)[C@H]2[C@@H](c3ccc(C(F)(F)F)cc3)C3(C(=O)c4ccccc4C3=O)[C@H]3C=Cc4ccccc4N23)cc1. The van der Waals surface area contributed by atoms with Crippen LogP contribution in [0.1, 0.15) is 60.6 Å². The molecular formula is C36H24F3NO5. The molecule has 0 N–H and O–H groups in total. The molecule has 6 nitrogen and oxygen atoms in total. The van der Waals surface area contributed by atoms with Crippen molar-refractivity contribution in [2.75, 3.05) is 4.90 Å². The third kappa shape index (κ3) is 4.18. The Morgan fingerprint density at radius 3 is 2.00 bits per heavy atom. The van der Waals surface area contributed by atoms with Gasteiger partial charge < -0.3 is 9.64 Å². The number of halogens is 3. The van der Waals surface area contributed by atoms with Crippen molar-refractivity contribution in [3.8, 4) is 5.75 Å². The molecule has 0 saturated carbocycles. The van der Waals surface area contributed by atoms with Gasteiger partial charge in [0.15, 0.2) is 17.3 Å². The molecule has 0 radical (unpaired) electrons. The number of Topliss-reactive ketones (excluding diaryl/α,β-unsaturated/α-hetero) is 3. The Balaban J connectivity index is 1.48. The quantitative estimate of drug-likeness (QED) is 0.108. The van der Waals surface area contributed by atoms with Crippen LogP contribution in [0.4, 0.5) is 18.9 Å². The lowest BCUT2D eigenvalue weighted by atomic mass is 9.64. The van der Waals surface area contributed by atoms with Gasteiger partial charge in [0.1, 0.15) is 17.2 Å². The topological polar surface area (TPSA) is 80.8 Å². The summed E-state index contributed by atoms with van der Waals surface area (Å²) in [6.07, 6.45) is -1.05. The number of nitrogens with zero attached hydrogens (tertiary/aromatic N) is 1. The number of rotatable bonds is 4. The lowest BCUT2D eigenvalue weighted by molar-refractivity contribution is -0.137. The van der Waals surface area contributed by atoms with Crippen molar-refractivity contribution in [2.45, 2.75) is 31.1 Å². The highest BCUT2D eigenvalue weighted by molar-refractivity contribution is 6.32. The zero-order valence-electron chi connectivity index (χ0n) is 23.7. The summed E-state index contributed by atoms with van der Waals surface area (Å²) in [5, 5.41) is 0. The number of carbonyl (C=O) groups is 4. The van der Waals surface area contributed by atoms with Crippen LogP contribution in [-0.2, 0) is 11.0 Å². The number of hydrogen-bond donors (Lipinski definition) is 0. The van der Waals surface area contributed by atoms with Gasteiger partial charge in [0.2, 0.25) is 0 Å². The monoisotopic (exact) mass is 607 g/mol. The van der Waals surface area contributed by atoms with E-state index < -0.39 is 58.5 Å². The average Bonchev–Trinajstić information content (AvgIpc) is 3.46. The summed E-state index contributed by atoms with van der Waals surface area (Å²) in [5.74, 6) is -2.87. The van der Waals surface area contributed by atoms with Gasteiger partial charge in [-0.25, -0.2) is 0 Å². The van der Waals surface area contributed by atoms with E-state index >= 15 is 0 Å². The Hall–Kier alpha value is -5.31. The molecule has 0 unspecified atom stereocenters. The first-order valence-corrected chi connectivity index (χ1v) is 14.3. The molecule has 4 aromatic carbocycles. The minimum Gasteiger partial charge on any atom is -0.427 e. The molecule has 0 amide bonds. The highest BCUT2D eigenvalue weighted by atomic mass is 19.4. The fourth-order valence-corrected chi connectivity index (χ4v) is 7.19. The summed E-state index contributed by atoms with van der Waals surface area (Å²) in [6.45, 7) is 1.25. The van der Waals surface area contributed by atoms with E-state index in [1.165, 1.54) is 43.3 Å². The normalized spacial score (nSPS) is 21.0. The zero-order valence-corrected chi connectivity index (χ0v) is 23.7. The van der Waals surface area contributed by atoms with Crippen molar-refractivity contribution in [1.82, 2.24) is 0 Å². The third-order valence-electron chi connectivity index (χ3n) is 8.98. The standard InChI is InChI=1S/C36H24F3NO5/c1-20(41)45-25-17-12-23(13-18-25)32(42)31-30(22-10-15-24(16-11-22)36(37,38)39)35(33(43)26-7-3-4-8-27(26)34(35)44)29-19-14-21-6-2-5-9-28(21)40(29)31/h2-19,29-31H,1H3/t29-,30-,31-/m1/s1. The highest BCUT2D eigenvalue weighted by Crippen LogP contribution is 2.61. The second kappa shape index (κ2) is 10.1. The number of para-hydroxylation sites is 1. The number of alkyl halides is 3. The maximum Gasteiger partial charge on any atom is 0.416 e. The molecule has 2 aliphatic heterocycles. The number of ketones is 3. The first-order chi connectivity index (χ1) is 21.5. The molecule has 4 aromatic rings. The van der Waals surface area contributed by atoms with Crippen LogP contribution in [0.2, 0.25) is 0 Å². The molecule has 9 heteroatoms. The fraction of sp³-hybridized carbons (Fsp3) is 0.167. The van der Waals surface area contributed by atoms with Gasteiger partial charge in [-0.1, -0.05) is 66.7 Å². The lowest BCUT2D eigenvalue weighted by Crippen LogP contribution is -2.48. The first-order valence-electron chi connectivity index (χ1n) is 14.3. The minimum absolute atomic E-state index is 0.213. The Morgan fingerprint density at radius 1 is 0.800 bits per heavy atom. The van der Waals surface area contributed by atoms with E-state index in [0.29, 0.717) is 5.69 Å². The smallest absolute Gasteiger partial charge is 0.416 e. The first kappa shape index (κ1) is 28.5. The van der Waals surface area contributed by atoms with Crippen LogP contribution < -0.4 is 9.64 Å². The van der Waals surface area contributed by atoms with Gasteiger partial charge in [0.25, 0.3) is 0 Å². The number of anilines is 1. The Labute approximate surface area is 255 Å². The van der Waals surface area contributed by atoms with Gasteiger partial charge in [0.05, 0.1) is 11.6 Å². The molecule has 7 rings (SSSR count). The van der Waals surface area contributed by atoms with E-state index in [1.54, 1.807) is 47.4 Å². The largest absolute Gasteiger partial charge is 0.427 e. The molecule has 3 aliphatic rings. The molecule has 45 heavy (non-hydrogen) atoms. The number of ether oxygens (including phenoxy) is 1. The van der Waals surface area contributed by atoms with Crippen LogP contribution in [0.15, 0.2) is 103 Å². The summed E-state index contributed by atoms with van der Waals surface area (Å²) >= 11 is 0. The van der Waals surface area contributed by atoms with Crippen LogP contribution in [0, 0.1) is 5.41 Å². The molecule has 1 saturated heterocycles. The van der Waals surface area contributed by atoms with Crippen molar-refractivity contribution in [3.63, 3.8) is 0 Å². The Morgan fingerprint density at radius 2 is 1.40 bits per heavy atom. The zero-order chi connectivity index (χ0) is 31.7. The maximum atomic E-state index is 14.7. The van der Waals surface area contributed by atoms with Gasteiger partial charge >= 0.3 is 12.1 Å². The van der Waals surface area contributed by atoms with Crippen LogP contribution in [0.5, 0.6) is 5.75 Å². The van der Waals surface area contributed by atoms with Gasteiger partial charge in [-0.2, -0.15) is 13.2 Å². The fourth-order valence-electron chi connectivity index (χ4n) is 7.19. The third-order valence-corrected chi connectivity index (χ3v) is 8.98. The van der Waals surface area contributed by atoms with Crippen LogP contribution in [-0.4, -0.2) is 35.4 Å². The summed E-state index contributed by atoms with van der Waals surface area (Å²) in [6, 6.07) is 21.9. The Kier molecular flexibility index (Phi) is 6.40. The summed E-state index contributed by atoms with van der Waals surface area (Å²) in [4.78, 5) is 57.2. The number of benzene rings is 4. The van der Waals surface area contributed by atoms with E-state index in [4.69, 9.17) is 4.74 Å². The molecule has 0 bridgehead atoms. The van der Waals surface area contributed by atoms with Crippen molar-refractivity contribution in [1.29, 1.82) is 0 Å². The second-order valence-electron chi connectivity index (χ2n) is 11.4. The lowest BCUT2D eigenvalue weighted by Gasteiger charge is -2.37. The molecular weight excluding hydrogens is 583 g/mol. The van der Waals surface area contributed by atoms with Crippen molar-refractivity contribution >= 4 is 35.1 Å². The predicted molar refractivity (Wildman–Crippen MR) is 159 cm³/mol. The maximum absolute atomic E-state index is 14.7. The van der Waals surface area contributed by atoms with Crippen LogP contribution in [0.25, 0.3) is 6.08 Å². The highest BCUT2D eigenvalue weighted by Gasteiger charge is 2.71. The molecule has 224 valence electrons. The molecule has 0 aromatic heterocycles. The number of carbonyl (C=O) groups excluding carboxylic acids is 4. The average molecular weight is 608 g/mol. The number of fused-ring (bicyclic) bond motifs is 5. The van der Waals surface area contributed by atoms with E-state index in [9.17, 15) is 32.3 Å². The van der Waals surface area contributed by atoms with Crippen molar-refractivity contribution in [3.05, 3.63) is 137 Å². The van der Waals surface area contributed by atoms with Crippen molar-refractivity contribution in [2.24, 2.45) is 5.41 Å². The molecule has 1 fully saturated rings. The van der Waals surface area contributed by atoms with Gasteiger partial charge in [-0.05, 0) is 53.6 Å². The summed E-state index contributed by atoms with van der Waals surface area (Å²) in [5.41, 5.74) is -0.460. The van der Waals surface area contributed by atoms with E-state index in [2.05, 4.69) is 0 Å². The number of esters is 1.